The highest BCUT2D eigenvalue weighted by molar-refractivity contribution is 5.75. The number of esters is 2. The van der Waals surface area contributed by atoms with Crippen molar-refractivity contribution in [3.8, 4) is 0 Å². The molecule has 0 radical (unpaired) electrons. The van der Waals surface area contributed by atoms with Crippen molar-refractivity contribution in [2.75, 3.05) is 27.7 Å². The molecule has 2 saturated heterocycles. The van der Waals surface area contributed by atoms with Crippen molar-refractivity contribution in [1.82, 2.24) is 14.8 Å². The molecular formula is C37H63N3O10. The predicted octanol–water partition coefficient (Wildman–Crippen LogP) is 2.16. The highest BCUT2D eigenvalue weighted by Crippen LogP contribution is 2.37. The second-order valence-corrected chi connectivity index (χ2v) is 15.6. The van der Waals surface area contributed by atoms with Gasteiger partial charge in [-0.1, -0.05) is 26.8 Å². The molecule has 13 heteroatoms. The number of hydrogen-bond acceptors (Lipinski definition) is 13. The van der Waals surface area contributed by atoms with Crippen molar-refractivity contribution in [2.45, 2.75) is 147 Å². The molecule has 0 aliphatic carbocycles. The number of pyridine rings is 1. The van der Waals surface area contributed by atoms with Gasteiger partial charge in [-0.05, 0) is 93.1 Å². The predicted molar refractivity (Wildman–Crippen MR) is 187 cm³/mol. The number of carbonyl (C=O) groups excluding carboxylic acids is 2. The molecule has 1 aromatic rings. The van der Waals surface area contributed by atoms with E-state index in [1.165, 1.54) is 6.92 Å². The summed E-state index contributed by atoms with van der Waals surface area (Å²) in [4.78, 5) is 35.5. The van der Waals surface area contributed by atoms with E-state index in [-0.39, 0.29) is 37.3 Å². The molecule has 13 nitrogen and oxygen atoms in total. The molecule has 3 rings (SSSR count). The fourth-order valence-electron chi connectivity index (χ4n) is 7.78. The number of ether oxygens (including phenoxy) is 4. The number of hydrogen-bond donors (Lipinski definition) is 4. The zero-order chi connectivity index (χ0) is 37.7. The summed E-state index contributed by atoms with van der Waals surface area (Å²) in [5.41, 5.74) is -2.93. The summed E-state index contributed by atoms with van der Waals surface area (Å²) in [5.74, 6) is -3.51. The van der Waals surface area contributed by atoms with Crippen LogP contribution in [0.1, 0.15) is 80.3 Å². The number of carbonyl (C=O) groups is 2. The second-order valence-electron chi connectivity index (χ2n) is 15.6. The van der Waals surface area contributed by atoms with Crippen LogP contribution in [0.4, 0.5) is 0 Å². The molecule has 3 heterocycles. The molecule has 0 saturated carbocycles. The number of rotatable bonds is 7. The van der Waals surface area contributed by atoms with Crippen molar-refractivity contribution in [3.63, 3.8) is 0 Å². The van der Waals surface area contributed by atoms with Crippen molar-refractivity contribution >= 4 is 11.9 Å². The topological polar surface area (TPSA) is 171 Å². The van der Waals surface area contributed by atoms with Gasteiger partial charge in [0.25, 0.3) is 0 Å². The minimum absolute atomic E-state index is 0.161. The van der Waals surface area contributed by atoms with Gasteiger partial charge in [0.2, 0.25) is 0 Å². The van der Waals surface area contributed by atoms with E-state index in [0.29, 0.717) is 18.7 Å². The van der Waals surface area contributed by atoms with Gasteiger partial charge in [0.05, 0.1) is 35.8 Å². The number of aromatic nitrogens is 1. The molecule has 2 fully saturated rings. The Hall–Kier alpha value is -2.23. The van der Waals surface area contributed by atoms with Crippen LogP contribution in [0.2, 0.25) is 0 Å². The number of cyclic esters (lactones) is 1. The van der Waals surface area contributed by atoms with E-state index in [1.54, 1.807) is 59.0 Å². The molecule has 2 aliphatic rings. The number of likely N-dealkylation sites (N-methyl/N-ethyl adjacent to an activating group) is 2. The lowest BCUT2D eigenvalue weighted by Crippen LogP contribution is -2.59. The molecule has 0 unspecified atom stereocenters. The maximum absolute atomic E-state index is 14.0. The Morgan fingerprint density at radius 3 is 2.36 bits per heavy atom. The van der Waals surface area contributed by atoms with Crippen molar-refractivity contribution in [2.24, 2.45) is 17.8 Å². The average molecular weight is 710 g/mol. The molecule has 4 N–H and O–H groups in total. The second kappa shape index (κ2) is 17.5. The molecule has 0 aromatic carbocycles. The zero-order valence-electron chi connectivity index (χ0n) is 31.9. The molecule has 2 aliphatic heterocycles. The highest BCUT2D eigenvalue weighted by atomic mass is 16.7. The Labute approximate surface area is 298 Å². The van der Waals surface area contributed by atoms with E-state index in [0.717, 1.165) is 0 Å². The minimum Gasteiger partial charge on any atom is -0.461 e. The molecule has 50 heavy (non-hydrogen) atoms. The van der Waals surface area contributed by atoms with E-state index in [4.69, 9.17) is 18.9 Å². The van der Waals surface area contributed by atoms with Crippen LogP contribution in [0, 0.1) is 17.8 Å². The van der Waals surface area contributed by atoms with Crippen LogP contribution in [0.25, 0.3) is 0 Å². The van der Waals surface area contributed by atoms with Crippen LogP contribution in [0.15, 0.2) is 24.4 Å². The first kappa shape index (κ1) is 42.2. The van der Waals surface area contributed by atoms with Crippen LogP contribution >= 0.6 is 0 Å². The maximum Gasteiger partial charge on any atom is 0.312 e. The first-order valence-corrected chi connectivity index (χ1v) is 18.0. The van der Waals surface area contributed by atoms with Crippen LogP contribution in [-0.4, -0.2) is 141 Å². The summed E-state index contributed by atoms with van der Waals surface area (Å²) >= 11 is 0. The van der Waals surface area contributed by atoms with E-state index in [9.17, 15) is 30.0 Å². The van der Waals surface area contributed by atoms with Crippen LogP contribution < -0.4 is 0 Å². The summed E-state index contributed by atoms with van der Waals surface area (Å²) in [6, 6.07) is 4.35. The summed E-state index contributed by atoms with van der Waals surface area (Å²) in [5, 5.41) is 46.8. The van der Waals surface area contributed by atoms with Crippen molar-refractivity contribution < 1.29 is 49.0 Å². The fraction of sp³-hybridized carbons (Fsp3) is 0.811. The molecule has 0 bridgehead atoms. The largest absolute Gasteiger partial charge is 0.461 e. The monoisotopic (exact) mass is 709 g/mol. The Morgan fingerprint density at radius 2 is 1.78 bits per heavy atom. The van der Waals surface area contributed by atoms with Gasteiger partial charge in [0.15, 0.2) is 6.29 Å². The lowest BCUT2D eigenvalue weighted by molar-refractivity contribution is -0.299. The molecule has 0 spiro atoms. The Kier molecular flexibility index (Phi) is 14.8. The Morgan fingerprint density at radius 1 is 1.12 bits per heavy atom. The SMILES string of the molecule is CC[C@H]1OC(=O)[C@H](C)[C@@H](OC(=O)Cc2ccccn2)[C@H](C)[C@@H](O[C@@H]2O[C@H](C)C[C@H](N(C)C)[C@H]2O)[C@](C)(O)C[C@@H](C)CN(C)[C@H](C)[C@@H](O)[C@]1(C)O. The highest BCUT2D eigenvalue weighted by Gasteiger charge is 2.51. The van der Waals surface area contributed by atoms with Crippen molar-refractivity contribution in [1.29, 1.82) is 0 Å². The fourth-order valence-corrected chi connectivity index (χ4v) is 7.78. The van der Waals surface area contributed by atoms with Gasteiger partial charge >= 0.3 is 11.9 Å². The summed E-state index contributed by atoms with van der Waals surface area (Å²) in [7, 11) is 5.56. The number of aliphatic hydroxyl groups is 4. The lowest BCUT2D eigenvalue weighted by Gasteiger charge is -2.47. The summed E-state index contributed by atoms with van der Waals surface area (Å²) in [6.07, 6.45) is -4.76. The molecule has 1 aromatic heterocycles. The third-order valence-corrected chi connectivity index (χ3v) is 10.7. The minimum atomic E-state index is -1.82. The summed E-state index contributed by atoms with van der Waals surface area (Å²) < 4.78 is 24.8. The number of aliphatic hydroxyl groups excluding tert-OH is 2. The normalized spacial score (nSPS) is 41.6. The number of nitrogens with zero attached hydrogens (tertiary/aromatic N) is 3. The Bertz CT molecular complexity index is 1230. The third kappa shape index (κ3) is 10.2. The van der Waals surface area contributed by atoms with E-state index >= 15 is 0 Å². The standard InChI is InChI=1S/C37H63N3O10/c1-12-28-37(8,46)32(43)25(6)40(11)20-21(2)19-36(7,45)33(50-35-30(42)27(39(9)10)17-22(3)47-35)23(4)31(24(5)34(44)48-28)49-29(41)18-26-15-13-14-16-38-26/h13-16,21-25,27-28,30-33,35,42-43,45-46H,12,17-20H2,1-11H3/t21-,22-,23+,24-,25-,27+,28-,30-,31+,32-,33-,35+,36-,37-/m1/s1. The summed E-state index contributed by atoms with van der Waals surface area (Å²) in [6.45, 7) is 14.2. The van der Waals surface area contributed by atoms with Gasteiger partial charge in [-0.3, -0.25) is 14.6 Å². The maximum atomic E-state index is 14.0. The zero-order valence-corrected chi connectivity index (χ0v) is 31.9. The van der Waals surface area contributed by atoms with Gasteiger partial charge in [0, 0.05) is 30.7 Å². The van der Waals surface area contributed by atoms with Gasteiger partial charge < -0.3 is 49.2 Å². The molecule has 286 valence electrons. The smallest absolute Gasteiger partial charge is 0.312 e. The van der Waals surface area contributed by atoms with Crippen LogP contribution in [-0.2, 0) is 35.0 Å². The van der Waals surface area contributed by atoms with Gasteiger partial charge in [0.1, 0.15) is 30.0 Å². The quantitative estimate of drug-likeness (QED) is 0.304. The van der Waals surface area contributed by atoms with E-state index in [2.05, 4.69) is 4.98 Å². The van der Waals surface area contributed by atoms with Gasteiger partial charge in [-0.15, -0.1) is 0 Å². The van der Waals surface area contributed by atoms with Gasteiger partial charge in [-0.25, -0.2) is 0 Å². The van der Waals surface area contributed by atoms with Gasteiger partial charge in [-0.2, -0.15) is 0 Å². The molecular weight excluding hydrogens is 646 g/mol. The first-order valence-electron chi connectivity index (χ1n) is 18.0. The van der Waals surface area contributed by atoms with Crippen molar-refractivity contribution in [3.05, 3.63) is 30.1 Å². The van der Waals surface area contributed by atoms with Crippen LogP contribution in [0.3, 0.4) is 0 Å². The lowest BCUT2D eigenvalue weighted by atomic mass is 9.77. The van der Waals surface area contributed by atoms with E-state index < -0.39 is 77.8 Å². The first-order chi connectivity index (χ1) is 23.2. The molecule has 0 amide bonds. The molecule has 14 atom stereocenters. The van der Waals surface area contributed by atoms with Crippen LogP contribution in [0.5, 0.6) is 0 Å². The third-order valence-electron chi connectivity index (χ3n) is 10.7. The van der Waals surface area contributed by atoms with E-state index in [1.807, 2.05) is 44.8 Å². The Balaban J connectivity index is 2.13. The average Bonchev–Trinajstić information content (AvgIpc) is 3.04.